The molecular formula is C15H23N5S. The fraction of sp³-hybridized carbons (Fsp3) is 0.467. The minimum atomic E-state index is 0.471. The Hall–Kier alpha value is -1.82. The highest BCUT2D eigenvalue weighted by Gasteiger charge is 2.07. The van der Waals surface area contributed by atoms with E-state index in [1.54, 1.807) is 16.0 Å². The highest BCUT2D eigenvalue weighted by atomic mass is 32.1. The van der Waals surface area contributed by atoms with Gasteiger partial charge in [-0.25, -0.2) is 4.99 Å². The van der Waals surface area contributed by atoms with Crippen LogP contribution in [0.25, 0.3) is 0 Å². The van der Waals surface area contributed by atoms with Crippen LogP contribution >= 0.6 is 11.3 Å². The van der Waals surface area contributed by atoms with E-state index in [9.17, 15) is 0 Å². The van der Waals surface area contributed by atoms with Crippen LogP contribution in [0, 0.1) is 0 Å². The fourth-order valence-corrected chi connectivity index (χ4v) is 2.77. The number of thiophene rings is 1. The van der Waals surface area contributed by atoms with Gasteiger partial charge in [-0.1, -0.05) is 6.92 Å². The van der Waals surface area contributed by atoms with Gasteiger partial charge in [-0.3, -0.25) is 4.68 Å². The van der Waals surface area contributed by atoms with E-state index >= 15 is 0 Å². The molecule has 0 aromatic carbocycles. The molecule has 0 bridgehead atoms. The number of hydrogen-bond acceptors (Lipinski definition) is 3. The van der Waals surface area contributed by atoms with Gasteiger partial charge in [0.05, 0.1) is 12.7 Å². The van der Waals surface area contributed by atoms with E-state index in [0.717, 1.165) is 24.6 Å². The zero-order chi connectivity index (χ0) is 15.1. The number of nitrogens with zero attached hydrogens (tertiary/aromatic N) is 3. The first-order chi connectivity index (χ1) is 10.2. The number of aryl methyl sites for hydroxylation is 1. The van der Waals surface area contributed by atoms with Crippen LogP contribution in [0.1, 0.15) is 30.9 Å². The maximum absolute atomic E-state index is 4.59. The van der Waals surface area contributed by atoms with Crippen molar-refractivity contribution in [2.75, 3.05) is 13.1 Å². The van der Waals surface area contributed by atoms with Gasteiger partial charge in [0, 0.05) is 31.9 Å². The van der Waals surface area contributed by atoms with Crippen LogP contribution < -0.4 is 10.6 Å². The van der Waals surface area contributed by atoms with Gasteiger partial charge >= 0.3 is 0 Å². The molecule has 2 aromatic rings. The molecule has 5 nitrogen and oxygen atoms in total. The second-order valence-corrected chi connectivity index (χ2v) is 5.84. The topological polar surface area (TPSA) is 54.2 Å². The lowest BCUT2D eigenvalue weighted by molar-refractivity contribution is 0.701. The van der Waals surface area contributed by atoms with Crippen molar-refractivity contribution in [3.05, 3.63) is 40.3 Å². The highest BCUT2D eigenvalue weighted by molar-refractivity contribution is 7.07. The summed E-state index contributed by atoms with van der Waals surface area (Å²) in [6, 6.07) is 2.18. The van der Waals surface area contributed by atoms with Crippen molar-refractivity contribution in [3.63, 3.8) is 0 Å². The van der Waals surface area contributed by atoms with Crippen molar-refractivity contribution in [1.29, 1.82) is 0 Å². The van der Waals surface area contributed by atoms with Crippen LogP contribution in [0.2, 0.25) is 0 Å². The van der Waals surface area contributed by atoms with Gasteiger partial charge in [-0.05, 0) is 35.2 Å². The summed E-state index contributed by atoms with van der Waals surface area (Å²) in [6.07, 6.45) is 3.84. The van der Waals surface area contributed by atoms with Gasteiger partial charge in [0.25, 0.3) is 0 Å². The molecule has 0 radical (unpaired) electrons. The van der Waals surface area contributed by atoms with E-state index < -0.39 is 0 Å². The van der Waals surface area contributed by atoms with Crippen molar-refractivity contribution < 1.29 is 0 Å². The molecule has 0 fully saturated rings. The smallest absolute Gasteiger partial charge is 0.191 e. The number of guanidine groups is 1. The minimum Gasteiger partial charge on any atom is -0.357 e. The Bertz CT molecular complexity index is 558. The van der Waals surface area contributed by atoms with Crippen LogP contribution in [0.3, 0.4) is 0 Å². The third-order valence-corrected chi connectivity index (χ3v) is 3.91. The quantitative estimate of drug-likeness (QED) is 0.636. The Labute approximate surface area is 130 Å². The molecular weight excluding hydrogens is 282 g/mol. The maximum Gasteiger partial charge on any atom is 0.191 e. The van der Waals surface area contributed by atoms with Crippen molar-refractivity contribution >= 4 is 17.3 Å². The number of nitrogens with one attached hydrogen (secondary N) is 2. The summed E-state index contributed by atoms with van der Waals surface area (Å²) in [7, 11) is 1.92. The van der Waals surface area contributed by atoms with E-state index in [-0.39, 0.29) is 0 Å². The van der Waals surface area contributed by atoms with Gasteiger partial charge < -0.3 is 10.6 Å². The molecule has 0 saturated heterocycles. The lowest BCUT2D eigenvalue weighted by Gasteiger charge is -2.15. The zero-order valence-corrected chi connectivity index (χ0v) is 13.7. The predicted octanol–water partition coefficient (Wildman–Crippen LogP) is 2.34. The van der Waals surface area contributed by atoms with Crippen LogP contribution in [0.15, 0.2) is 34.2 Å². The standard InChI is InChI=1S/C15H23N5S/c1-4-16-15(18-8-13-9-19-20(3)10-13)17-7-12(2)14-5-6-21-11-14/h5-6,9-12H,4,7-8H2,1-3H3,(H2,16,17,18). The van der Waals surface area contributed by atoms with Gasteiger partial charge in [0.1, 0.15) is 0 Å². The molecule has 0 aliphatic rings. The van der Waals surface area contributed by atoms with E-state index in [2.05, 4.69) is 51.4 Å². The van der Waals surface area contributed by atoms with Gasteiger partial charge in [0.15, 0.2) is 5.96 Å². The lowest BCUT2D eigenvalue weighted by atomic mass is 10.1. The van der Waals surface area contributed by atoms with Crippen LogP contribution in [0.5, 0.6) is 0 Å². The van der Waals surface area contributed by atoms with Crippen LogP contribution in [-0.2, 0) is 13.6 Å². The Morgan fingerprint density at radius 2 is 2.33 bits per heavy atom. The molecule has 0 spiro atoms. The lowest BCUT2D eigenvalue weighted by Crippen LogP contribution is -2.39. The van der Waals surface area contributed by atoms with Crippen LogP contribution in [0.4, 0.5) is 0 Å². The second-order valence-electron chi connectivity index (χ2n) is 5.06. The Morgan fingerprint density at radius 1 is 1.48 bits per heavy atom. The summed E-state index contributed by atoms with van der Waals surface area (Å²) < 4.78 is 1.80. The summed E-state index contributed by atoms with van der Waals surface area (Å²) in [5.74, 6) is 1.32. The summed E-state index contributed by atoms with van der Waals surface area (Å²) in [6.45, 7) is 6.65. The molecule has 2 N–H and O–H groups in total. The minimum absolute atomic E-state index is 0.471. The van der Waals surface area contributed by atoms with Crippen molar-refractivity contribution in [3.8, 4) is 0 Å². The van der Waals surface area contributed by atoms with Crippen molar-refractivity contribution in [2.45, 2.75) is 26.3 Å². The summed E-state index contributed by atoms with van der Waals surface area (Å²) in [4.78, 5) is 4.59. The molecule has 114 valence electrons. The third-order valence-electron chi connectivity index (χ3n) is 3.21. The van der Waals surface area contributed by atoms with Gasteiger partial charge in [-0.2, -0.15) is 16.4 Å². The molecule has 6 heteroatoms. The molecule has 21 heavy (non-hydrogen) atoms. The zero-order valence-electron chi connectivity index (χ0n) is 12.8. The van der Waals surface area contributed by atoms with E-state index in [0.29, 0.717) is 12.5 Å². The van der Waals surface area contributed by atoms with E-state index in [4.69, 9.17) is 0 Å². The number of hydrogen-bond donors (Lipinski definition) is 2. The van der Waals surface area contributed by atoms with Crippen LogP contribution in [-0.4, -0.2) is 28.8 Å². The molecule has 0 amide bonds. The number of aliphatic imine (C=N–C) groups is 1. The molecule has 2 aromatic heterocycles. The molecule has 0 saturated carbocycles. The second kappa shape index (κ2) is 7.83. The molecule has 2 rings (SSSR count). The Kier molecular flexibility index (Phi) is 5.80. The SMILES string of the molecule is CCNC(=NCc1cnn(C)c1)NCC(C)c1ccsc1. The molecule has 1 atom stereocenters. The molecule has 0 aliphatic carbocycles. The predicted molar refractivity (Wildman–Crippen MR) is 88.8 cm³/mol. The Balaban J connectivity index is 1.89. The molecule has 1 unspecified atom stereocenters. The molecule has 0 aliphatic heterocycles. The van der Waals surface area contributed by atoms with Crippen molar-refractivity contribution in [2.24, 2.45) is 12.0 Å². The van der Waals surface area contributed by atoms with Crippen molar-refractivity contribution in [1.82, 2.24) is 20.4 Å². The molecule has 2 heterocycles. The summed E-state index contributed by atoms with van der Waals surface area (Å²) in [5.41, 5.74) is 2.48. The number of rotatable bonds is 6. The van der Waals surface area contributed by atoms with E-state index in [1.807, 2.05) is 19.4 Å². The summed E-state index contributed by atoms with van der Waals surface area (Å²) in [5, 5.41) is 15.2. The average molecular weight is 305 g/mol. The number of aromatic nitrogens is 2. The van der Waals surface area contributed by atoms with Gasteiger partial charge in [0.2, 0.25) is 0 Å². The average Bonchev–Trinajstić information content (AvgIpc) is 3.13. The fourth-order valence-electron chi connectivity index (χ4n) is 1.99. The third kappa shape index (κ3) is 4.90. The first-order valence-electron chi connectivity index (χ1n) is 7.20. The largest absolute Gasteiger partial charge is 0.357 e. The van der Waals surface area contributed by atoms with E-state index in [1.165, 1.54) is 5.56 Å². The maximum atomic E-state index is 4.59. The first kappa shape index (κ1) is 15.6. The highest BCUT2D eigenvalue weighted by Crippen LogP contribution is 2.16. The first-order valence-corrected chi connectivity index (χ1v) is 8.15. The van der Waals surface area contributed by atoms with Gasteiger partial charge in [-0.15, -0.1) is 0 Å². The monoisotopic (exact) mass is 305 g/mol. The Morgan fingerprint density at radius 3 is 2.95 bits per heavy atom. The normalized spacial score (nSPS) is 13.2. The summed E-state index contributed by atoms with van der Waals surface area (Å²) >= 11 is 1.74.